The lowest BCUT2D eigenvalue weighted by atomic mass is 9.97. The molecule has 1 aromatic heterocycles. The molecule has 6 nitrogen and oxygen atoms in total. The van der Waals surface area contributed by atoms with Crippen LogP contribution in [0.25, 0.3) is 33.7 Å². The Bertz CT molecular complexity index is 1320. The van der Waals surface area contributed by atoms with Gasteiger partial charge in [0.05, 0.1) is 13.0 Å². The molecule has 0 spiro atoms. The van der Waals surface area contributed by atoms with E-state index >= 15 is 0 Å². The number of rotatable bonds is 5. The third-order valence-corrected chi connectivity index (χ3v) is 6.43. The van der Waals surface area contributed by atoms with E-state index in [4.69, 9.17) is 14.1 Å². The van der Waals surface area contributed by atoms with Crippen LogP contribution >= 0.6 is 0 Å². The van der Waals surface area contributed by atoms with Crippen LogP contribution in [0.4, 0.5) is 5.69 Å². The maximum Gasteiger partial charge on any atom is 0.306 e. The third kappa shape index (κ3) is 4.16. The summed E-state index contributed by atoms with van der Waals surface area (Å²) in [4.78, 5) is 18.2. The lowest BCUT2D eigenvalue weighted by Crippen LogP contribution is -2.36. The second-order valence-electron chi connectivity index (χ2n) is 8.53. The number of carboxylic acid groups (broad SMARTS) is 1. The maximum atomic E-state index is 11.2. The number of nitrogens with zero attached hydrogens (tertiary/aromatic N) is 2. The number of ether oxygens (including phenoxy) is 1. The number of aliphatic carboxylic acids is 1. The molecule has 1 saturated heterocycles. The monoisotopic (exact) mass is 442 g/mol. The van der Waals surface area contributed by atoms with E-state index in [9.17, 15) is 9.90 Å². The second kappa shape index (κ2) is 8.62. The number of fused-ring (bicyclic) bond motifs is 1. The predicted molar refractivity (Wildman–Crippen MR) is 129 cm³/mol. The summed E-state index contributed by atoms with van der Waals surface area (Å²) in [6.07, 6.45) is 1.33. The molecule has 0 amide bonds. The third-order valence-electron chi connectivity index (χ3n) is 6.43. The van der Waals surface area contributed by atoms with Crippen LogP contribution in [0.1, 0.15) is 18.4 Å². The lowest BCUT2D eigenvalue weighted by molar-refractivity contribution is -0.142. The summed E-state index contributed by atoms with van der Waals surface area (Å²) in [5.41, 5.74) is 6.90. The largest absolute Gasteiger partial charge is 0.497 e. The summed E-state index contributed by atoms with van der Waals surface area (Å²) in [5.74, 6) is 0.482. The van der Waals surface area contributed by atoms with Gasteiger partial charge in [0.25, 0.3) is 0 Å². The Hall–Kier alpha value is -3.80. The first kappa shape index (κ1) is 21.1. The van der Waals surface area contributed by atoms with E-state index in [1.54, 1.807) is 7.11 Å². The van der Waals surface area contributed by atoms with Gasteiger partial charge in [0, 0.05) is 24.3 Å². The van der Waals surface area contributed by atoms with Crippen molar-refractivity contribution < 1.29 is 19.1 Å². The first-order valence-corrected chi connectivity index (χ1v) is 11.2. The topological polar surface area (TPSA) is 75.8 Å². The van der Waals surface area contributed by atoms with Crippen molar-refractivity contribution in [1.82, 2.24) is 4.98 Å². The van der Waals surface area contributed by atoms with Crippen molar-refractivity contribution in [2.24, 2.45) is 5.92 Å². The molecule has 0 radical (unpaired) electrons. The van der Waals surface area contributed by atoms with E-state index < -0.39 is 5.97 Å². The number of aromatic nitrogens is 1. The predicted octanol–water partition coefficient (Wildman–Crippen LogP) is 5.78. The molecule has 2 heterocycles. The molecule has 168 valence electrons. The van der Waals surface area contributed by atoms with E-state index in [0.717, 1.165) is 57.9 Å². The van der Waals surface area contributed by atoms with E-state index in [1.165, 1.54) is 0 Å². The average Bonchev–Trinajstić information content (AvgIpc) is 3.27. The van der Waals surface area contributed by atoms with Crippen LogP contribution in [0, 0.1) is 12.8 Å². The summed E-state index contributed by atoms with van der Waals surface area (Å²) in [6, 6.07) is 20.2. The molecule has 0 saturated carbocycles. The fraction of sp³-hybridized carbons (Fsp3) is 0.259. The van der Waals surface area contributed by atoms with Crippen LogP contribution < -0.4 is 9.64 Å². The van der Waals surface area contributed by atoms with Gasteiger partial charge in [-0.2, -0.15) is 0 Å². The van der Waals surface area contributed by atoms with Crippen molar-refractivity contribution in [1.29, 1.82) is 0 Å². The minimum absolute atomic E-state index is 0.244. The van der Waals surface area contributed by atoms with Crippen molar-refractivity contribution in [3.63, 3.8) is 0 Å². The van der Waals surface area contributed by atoms with Crippen molar-refractivity contribution in [2.45, 2.75) is 19.8 Å². The standard InChI is InChI=1S/C27H26N2O4/c1-17-14-20(6-8-23(17)19-4-3-5-22(15-19)32-2)26-28-24-16-21(7-9-25(24)33-26)29-12-10-18(11-13-29)27(30)31/h3-9,14-16,18H,10-13H2,1-2H3,(H,30,31). The highest BCUT2D eigenvalue weighted by Crippen LogP contribution is 2.33. The highest BCUT2D eigenvalue weighted by Gasteiger charge is 2.25. The van der Waals surface area contributed by atoms with Gasteiger partial charge in [0.1, 0.15) is 11.3 Å². The minimum atomic E-state index is -0.695. The van der Waals surface area contributed by atoms with E-state index in [2.05, 4.69) is 30.0 Å². The van der Waals surface area contributed by atoms with Crippen molar-refractivity contribution in [2.75, 3.05) is 25.1 Å². The zero-order chi connectivity index (χ0) is 22.9. The molecule has 3 aromatic carbocycles. The summed E-state index contributed by atoms with van der Waals surface area (Å²) in [7, 11) is 1.67. The van der Waals surface area contributed by atoms with Crippen molar-refractivity contribution in [3.8, 4) is 28.3 Å². The molecule has 6 heteroatoms. The molecule has 1 fully saturated rings. The molecular weight excluding hydrogens is 416 g/mol. The number of benzene rings is 3. The van der Waals surface area contributed by atoms with Crippen LogP contribution in [0.2, 0.25) is 0 Å². The van der Waals surface area contributed by atoms with Crippen LogP contribution in [-0.4, -0.2) is 36.3 Å². The first-order valence-electron chi connectivity index (χ1n) is 11.2. The number of piperidine rings is 1. The quantitative estimate of drug-likeness (QED) is 0.422. The highest BCUT2D eigenvalue weighted by molar-refractivity contribution is 5.81. The smallest absolute Gasteiger partial charge is 0.306 e. The molecule has 0 unspecified atom stereocenters. The van der Waals surface area contributed by atoms with Gasteiger partial charge in [-0.25, -0.2) is 4.98 Å². The Morgan fingerprint density at radius 1 is 1.06 bits per heavy atom. The van der Waals surface area contributed by atoms with Gasteiger partial charge < -0.3 is 19.2 Å². The molecule has 0 bridgehead atoms. The summed E-state index contributed by atoms with van der Waals surface area (Å²) in [6.45, 7) is 3.55. The number of aryl methyl sites for hydroxylation is 1. The van der Waals surface area contributed by atoms with Crippen LogP contribution in [0.15, 0.2) is 65.1 Å². The molecule has 0 atom stereocenters. The molecular formula is C27H26N2O4. The zero-order valence-corrected chi connectivity index (χ0v) is 18.7. The molecule has 5 rings (SSSR count). The molecule has 33 heavy (non-hydrogen) atoms. The number of carbonyl (C=O) groups is 1. The maximum absolute atomic E-state index is 11.2. The van der Waals surface area contributed by atoms with E-state index in [-0.39, 0.29) is 5.92 Å². The van der Waals surface area contributed by atoms with Gasteiger partial charge in [-0.3, -0.25) is 4.79 Å². The summed E-state index contributed by atoms with van der Waals surface area (Å²) in [5, 5.41) is 9.23. The number of hydrogen-bond acceptors (Lipinski definition) is 5. The van der Waals surface area contributed by atoms with Gasteiger partial charge >= 0.3 is 5.97 Å². The fourth-order valence-corrected chi connectivity index (χ4v) is 4.53. The number of methoxy groups -OCH3 is 1. The summed E-state index contributed by atoms with van der Waals surface area (Å²) >= 11 is 0. The zero-order valence-electron chi connectivity index (χ0n) is 18.7. The number of hydrogen-bond donors (Lipinski definition) is 1. The Morgan fingerprint density at radius 2 is 1.88 bits per heavy atom. The highest BCUT2D eigenvalue weighted by atomic mass is 16.5. The number of anilines is 1. The molecule has 1 aliphatic rings. The lowest BCUT2D eigenvalue weighted by Gasteiger charge is -2.31. The number of carboxylic acids is 1. The fourth-order valence-electron chi connectivity index (χ4n) is 4.53. The van der Waals surface area contributed by atoms with Crippen LogP contribution in [0.3, 0.4) is 0 Å². The van der Waals surface area contributed by atoms with Crippen LogP contribution in [-0.2, 0) is 4.79 Å². The Morgan fingerprint density at radius 3 is 2.61 bits per heavy atom. The summed E-state index contributed by atoms with van der Waals surface area (Å²) < 4.78 is 11.4. The average molecular weight is 443 g/mol. The van der Waals surface area contributed by atoms with Gasteiger partial charge in [0.15, 0.2) is 5.58 Å². The van der Waals surface area contributed by atoms with Gasteiger partial charge in [-0.1, -0.05) is 18.2 Å². The van der Waals surface area contributed by atoms with E-state index in [0.29, 0.717) is 18.7 Å². The minimum Gasteiger partial charge on any atom is -0.497 e. The van der Waals surface area contributed by atoms with Gasteiger partial charge in [-0.05, 0) is 78.9 Å². The Balaban J connectivity index is 1.40. The van der Waals surface area contributed by atoms with Crippen LogP contribution in [0.5, 0.6) is 5.75 Å². The Kier molecular flexibility index (Phi) is 5.50. The number of oxazole rings is 1. The van der Waals surface area contributed by atoms with Crippen molar-refractivity contribution >= 4 is 22.8 Å². The molecule has 1 aliphatic heterocycles. The van der Waals surface area contributed by atoms with Gasteiger partial charge in [0.2, 0.25) is 5.89 Å². The van der Waals surface area contributed by atoms with Gasteiger partial charge in [-0.15, -0.1) is 0 Å². The first-order chi connectivity index (χ1) is 16.0. The SMILES string of the molecule is COc1cccc(-c2ccc(-c3nc4cc(N5CCC(C(=O)O)CC5)ccc4o3)cc2C)c1. The molecule has 1 N–H and O–H groups in total. The Labute approximate surface area is 192 Å². The normalized spacial score (nSPS) is 14.5. The van der Waals surface area contributed by atoms with E-state index in [1.807, 2.05) is 42.5 Å². The van der Waals surface area contributed by atoms with Crippen molar-refractivity contribution in [3.05, 3.63) is 66.2 Å². The molecule has 0 aliphatic carbocycles. The second-order valence-corrected chi connectivity index (χ2v) is 8.53. The molecule has 4 aromatic rings.